The minimum absolute atomic E-state index is 0.194. The molecule has 2 aliphatic carbocycles. The molecule has 3 nitrogen and oxygen atoms in total. The lowest BCUT2D eigenvalue weighted by atomic mass is 9.66. The lowest BCUT2D eigenvalue weighted by Gasteiger charge is -2.40. The first-order chi connectivity index (χ1) is 8.87. The number of carbonyl (C=O) groups excluding carboxylic acids is 1. The van der Waals surface area contributed by atoms with Gasteiger partial charge >= 0.3 is 5.97 Å². The molecule has 19 heavy (non-hydrogen) atoms. The van der Waals surface area contributed by atoms with Crippen LogP contribution in [0.1, 0.15) is 33.6 Å². The van der Waals surface area contributed by atoms with E-state index in [2.05, 4.69) is 33.4 Å². The molecule has 0 amide bonds. The number of carbonyl (C=O) groups is 1. The van der Waals surface area contributed by atoms with Crippen LogP contribution < -0.4 is 0 Å². The van der Waals surface area contributed by atoms with Gasteiger partial charge in [-0.15, -0.1) is 0 Å². The largest absolute Gasteiger partial charge is 0.458 e. The van der Waals surface area contributed by atoms with Crippen molar-refractivity contribution in [2.75, 3.05) is 0 Å². The Hall–Kier alpha value is -1.09. The van der Waals surface area contributed by atoms with Crippen molar-refractivity contribution in [1.82, 2.24) is 0 Å². The van der Waals surface area contributed by atoms with E-state index in [1.165, 1.54) is 5.57 Å². The minimum Gasteiger partial charge on any atom is -0.458 e. The van der Waals surface area contributed by atoms with Gasteiger partial charge in [-0.1, -0.05) is 32.1 Å². The van der Waals surface area contributed by atoms with Crippen molar-refractivity contribution in [3.63, 3.8) is 0 Å². The number of hydrogen-bond donors (Lipinski definition) is 1. The van der Waals surface area contributed by atoms with E-state index in [0.717, 1.165) is 12.8 Å². The lowest BCUT2D eigenvalue weighted by Crippen LogP contribution is -2.43. The quantitative estimate of drug-likeness (QED) is 0.414. The zero-order valence-electron chi connectivity index (χ0n) is 11.8. The highest BCUT2D eigenvalue weighted by molar-refractivity contribution is 5.91. The molecule has 104 valence electrons. The van der Waals surface area contributed by atoms with Crippen molar-refractivity contribution in [3.05, 3.63) is 23.8 Å². The molecule has 3 aliphatic rings. The van der Waals surface area contributed by atoms with E-state index >= 15 is 0 Å². The normalized spacial score (nSPS) is 49.3. The molecule has 0 spiro atoms. The molecule has 0 radical (unpaired) electrons. The maximum Gasteiger partial charge on any atom is 0.334 e. The predicted molar refractivity (Wildman–Crippen MR) is 72.3 cm³/mol. The Morgan fingerprint density at radius 2 is 2.21 bits per heavy atom. The molecule has 1 saturated carbocycles. The Kier molecular flexibility index (Phi) is 2.69. The summed E-state index contributed by atoms with van der Waals surface area (Å²) in [6.07, 6.45) is 3.31. The molecule has 0 aromatic heterocycles. The van der Waals surface area contributed by atoms with E-state index in [1.54, 1.807) is 0 Å². The van der Waals surface area contributed by atoms with Crippen molar-refractivity contribution in [1.29, 1.82) is 0 Å². The summed E-state index contributed by atoms with van der Waals surface area (Å²) in [4.78, 5) is 11.7. The first-order valence-electron chi connectivity index (χ1n) is 7.12. The fraction of sp³-hybridized carbons (Fsp3) is 0.688. The Morgan fingerprint density at radius 3 is 2.89 bits per heavy atom. The fourth-order valence-electron chi connectivity index (χ4n) is 4.48. The predicted octanol–water partition coefficient (Wildman–Crippen LogP) is 2.46. The summed E-state index contributed by atoms with van der Waals surface area (Å²) in [6.45, 7) is 10.3. The zero-order chi connectivity index (χ0) is 13.9. The number of rotatable bonds is 0. The maximum absolute atomic E-state index is 11.7. The van der Waals surface area contributed by atoms with Crippen LogP contribution in [0, 0.1) is 23.2 Å². The monoisotopic (exact) mass is 262 g/mol. The SMILES string of the molecule is C=C1C(=O)O[C@H]2C[C@@H](C)[C@@H]3CC=C(C)[C@@]3(C)[C@H](O)[C@H]12. The van der Waals surface area contributed by atoms with Gasteiger partial charge in [-0.05, 0) is 31.6 Å². The molecule has 0 unspecified atom stereocenters. The number of aliphatic hydroxyl groups is 1. The maximum atomic E-state index is 11.7. The van der Waals surface area contributed by atoms with E-state index in [9.17, 15) is 9.90 Å². The Labute approximate surface area is 114 Å². The lowest BCUT2D eigenvalue weighted by molar-refractivity contribution is -0.139. The first-order valence-corrected chi connectivity index (χ1v) is 7.12. The van der Waals surface area contributed by atoms with Gasteiger partial charge in [-0.3, -0.25) is 0 Å². The zero-order valence-corrected chi connectivity index (χ0v) is 11.8. The molecule has 1 aliphatic heterocycles. The highest BCUT2D eigenvalue weighted by Crippen LogP contribution is 2.56. The van der Waals surface area contributed by atoms with Crippen molar-refractivity contribution in [2.24, 2.45) is 23.2 Å². The molecule has 3 rings (SSSR count). The van der Waals surface area contributed by atoms with Crippen LogP contribution in [0.4, 0.5) is 0 Å². The van der Waals surface area contributed by atoms with Gasteiger partial charge in [0.25, 0.3) is 0 Å². The molecular weight excluding hydrogens is 240 g/mol. The molecule has 6 atom stereocenters. The van der Waals surface area contributed by atoms with Gasteiger partial charge in [0.15, 0.2) is 0 Å². The van der Waals surface area contributed by atoms with Gasteiger partial charge in [-0.2, -0.15) is 0 Å². The molecule has 1 N–H and O–H groups in total. The molecule has 1 heterocycles. The second-order valence-electron chi connectivity index (χ2n) is 6.66. The smallest absolute Gasteiger partial charge is 0.334 e. The molecule has 1 saturated heterocycles. The molecule has 0 aromatic rings. The Balaban J connectivity index is 2.07. The van der Waals surface area contributed by atoms with Crippen LogP contribution in [0.15, 0.2) is 23.8 Å². The van der Waals surface area contributed by atoms with Crippen LogP contribution >= 0.6 is 0 Å². The van der Waals surface area contributed by atoms with Crippen LogP contribution in [-0.2, 0) is 9.53 Å². The molecule has 3 heteroatoms. The number of hydrogen-bond acceptors (Lipinski definition) is 3. The van der Waals surface area contributed by atoms with E-state index in [1.807, 2.05) is 0 Å². The van der Waals surface area contributed by atoms with Gasteiger partial charge in [0.1, 0.15) is 6.10 Å². The Bertz CT molecular complexity index is 478. The topological polar surface area (TPSA) is 46.5 Å². The van der Waals surface area contributed by atoms with E-state index in [4.69, 9.17) is 4.74 Å². The van der Waals surface area contributed by atoms with Gasteiger partial charge in [0.05, 0.1) is 12.0 Å². The number of ether oxygens (including phenoxy) is 1. The number of esters is 1. The van der Waals surface area contributed by atoms with Crippen molar-refractivity contribution in [3.8, 4) is 0 Å². The number of fused-ring (bicyclic) bond motifs is 2. The average Bonchev–Trinajstić information content (AvgIpc) is 2.77. The molecule has 0 aromatic carbocycles. The van der Waals surface area contributed by atoms with Gasteiger partial charge in [0.2, 0.25) is 0 Å². The minimum atomic E-state index is -0.579. The second-order valence-corrected chi connectivity index (χ2v) is 6.66. The molecule has 0 bridgehead atoms. The highest BCUT2D eigenvalue weighted by atomic mass is 16.6. The summed E-state index contributed by atoms with van der Waals surface area (Å²) < 4.78 is 5.43. The summed E-state index contributed by atoms with van der Waals surface area (Å²) in [7, 11) is 0. The van der Waals surface area contributed by atoms with Crippen LogP contribution in [0.2, 0.25) is 0 Å². The average molecular weight is 262 g/mol. The second kappa shape index (κ2) is 3.95. The summed E-state index contributed by atoms with van der Waals surface area (Å²) in [5.74, 6) is 0.288. The molecular formula is C16H22O3. The summed E-state index contributed by atoms with van der Waals surface area (Å²) in [5, 5.41) is 10.9. The van der Waals surface area contributed by atoms with Crippen LogP contribution in [0.25, 0.3) is 0 Å². The van der Waals surface area contributed by atoms with Gasteiger partial charge < -0.3 is 9.84 Å². The Morgan fingerprint density at radius 1 is 1.53 bits per heavy atom. The van der Waals surface area contributed by atoms with Gasteiger partial charge in [0, 0.05) is 11.0 Å². The third-order valence-corrected chi connectivity index (χ3v) is 5.87. The molecule has 2 fully saturated rings. The standard InChI is InChI=1S/C16H22O3/c1-8-7-12-13(10(3)15(18)19-12)14(17)16(4)9(2)5-6-11(8)16/h5,8,11-14,17H,3,6-7H2,1-2,4H3/t8-,11+,12+,13-,14-,16-/m1/s1. The van der Waals surface area contributed by atoms with Crippen LogP contribution in [-0.4, -0.2) is 23.3 Å². The van der Waals surface area contributed by atoms with E-state index < -0.39 is 6.10 Å². The fourth-order valence-corrected chi connectivity index (χ4v) is 4.48. The summed E-state index contributed by atoms with van der Waals surface area (Å²) in [5.41, 5.74) is 1.44. The van der Waals surface area contributed by atoms with Crippen molar-refractivity contribution in [2.45, 2.75) is 45.8 Å². The van der Waals surface area contributed by atoms with Crippen molar-refractivity contribution >= 4 is 5.97 Å². The first kappa shape index (κ1) is 12.9. The summed E-state index contributed by atoms with van der Waals surface area (Å²) in [6, 6.07) is 0. The number of aliphatic hydroxyl groups excluding tert-OH is 1. The summed E-state index contributed by atoms with van der Waals surface area (Å²) >= 11 is 0. The third kappa shape index (κ3) is 1.51. The van der Waals surface area contributed by atoms with E-state index in [-0.39, 0.29) is 23.4 Å². The third-order valence-electron chi connectivity index (χ3n) is 5.87. The van der Waals surface area contributed by atoms with Crippen LogP contribution in [0.3, 0.4) is 0 Å². The van der Waals surface area contributed by atoms with Crippen molar-refractivity contribution < 1.29 is 14.6 Å². The van der Waals surface area contributed by atoms with Crippen LogP contribution in [0.5, 0.6) is 0 Å². The van der Waals surface area contributed by atoms with Gasteiger partial charge in [-0.25, -0.2) is 4.79 Å². The van der Waals surface area contributed by atoms with E-state index in [0.29, 0.717) is 17.4 Å². The highest BCUT2D eigenvalue weighted by Gasteiger charge is 2.57. The number of allylic oxidation sites excluding steroid dienone is 1.